The van der Waals surface area contributed by atoms with Crippen LogP contribution < -0.4 is 0 Å². The summed E-state index contributed by atoms with van der Waals surface area (Å²) in [5.74, 6) is 0.771. The highest BCUT2D eigenvalue weighted by Crippen LogP contribution is 2.24. The average Bonchev–Trinajstić information content (AvgIpc) is 2.89. The normalized spacial score (nSPS) is 24.0. The first kappa shape index (κ1) is 14.6. The molecule has 1 atom stereocenters. The van der Waals surface area contributed by atoms with Gasteiger partial charge in [-0.05, 0) is 51.2 Å². The van der Waals surface area contributed by atoms with Gasteiger partial charge in [0.15, 0.2) is 0 Å². The van der Waals surface area contributed by atoms with E-state index < -0.39 is 5.97 Å². The van der Waals surface area contributed by atoms with Crippen LogP contribution in [0, 0.1) is 11.8 Å². The van der Waals surface area contributed by atoms with Crippen molar-refractivity contribution in [2.45, 2.75) is 45.6 Å². The number of fused-ring (bicyclic) bond motifs is 1. The quantitative estimate of drug-likeness (QED) is 0.919. The molecule has 116 valence electrons. The zero-order valence-corrected chi connectivity index (χ0v) is 12.8. The average molecular weight is 291 g/mol. The first-order valence-electron chi connectivity index (χ1n) is 8.15. The van der Waals surface area contributed by atoms with E-state index in [1.165, 1.54) is 25.9 Å². The molecule has 1 fully saturated rings. The predicted octanol–water partition coefficient (Wildman–Crippen LogP) is 1.80. The van der Waals surface area contributed by atoms with E-state index in [9.17, 15) is 4.79 Å². The topological polar surface area (TPSA) is 58.4 Å². The minimum Gasteiger partial charge on any atom is -0.481 e. The third-order valence-electron chi connectivity index (χ3n) is 5.06. The summed E-state index contributed by atoms with van der Waals surface area (Å²) >= 11 is 0. The highest BCUT2D eigenvalue weighted by Gasteiger charge is 2.26. The number of aryl methyl sites for hydroxylation is 1. The van der Waals surface area contributed by atoms with Gasteiger partial charge >= 0.3 is 5.97 Å². The van der Waals surface area contributed by atoms with Gasteiger partial charge in [-0.25, -0.2) is 4.98 Å². The fourth-order valence-corrected chi connectivity index (χ4v) is 3.60. The molecule has 3 rings (SSSR count). The molecule has 21 heavy (non-hydrogen) atoms. The molecule has 0 aromatic carbocycles. The third-order valence-corrected chi connectivity index (χ3v) is 5.06. The second-order valence-electron chi connectivity index (χ2n) is 6.45. The molecular formula is C16H25N3O2. The molecule has 5 heteroatoms. The molecule has 1 aromatic heterocycles. The van der Waals surface area contributed by atoms with Gasteiger partial charge in [-0.1, -0.05) is 6.92 Å². The van der Waals surface area contributed by atoms with Crippen molar-refractivity contribution in [1.82, 2.24) is 14.5 Å². The van der Waals surface area contributed by atoms with E-state index in [4.69, 9.17) is 10.1 Å². The molecule has 1 unspecified atom stereocenters. The van der Waals surface area contributed by atoms with Crippen LogP contribution in [0.3, 0.4) is 0 Å². The lowest BCUT2D eigenvalue weighted by Crippen LogP contribution is -2.34. The first-order valence-corrected chi connectivity index (χ1v) is 8.15. The Bertz CT molecular complexity index is 504. The van der Waals surface area contributed by atoms with Gasteiger partial charge in [-0.2, -0.15) is 0 Å². The number of hydrogen-bond donors (Lipinski definition) is 1. The molecule has 0 amide bonds. The van der Waals surface area contributed by atoms with Gasteiger partial charge in [0.2, 0.25) is 0 Å². The van der Waals surface area contributed by atoms with Crippen LogP contribution >= 0.6 is 0 Å². The van der Waals surface area contributed by atoms with Gasteiger partial charge < -0.3 is 14.6 Å². The molecule has 1 saturated heterocycles. The summed E-state index contributed by atoms with van der Waals surface area (Å²) in [5.41, 5.74) is 1.16. The number of carboxylic acids is 1. The number of aliphatic carboxylic acids is 1. The lowest BCUT2D eigenvalue weighted by Gasteiger charge is -2.30. The highest BCUT2D eigenvalue weighted by atomic mass is 16.4. The van der Waals surface area contributed by atoms with E-state index >= 15 is 0 Å². The van der Waals surface area contributed by atoms with E-state index in [-0.39, 0.29) is 5.92 Å². The van der Waals surface area contributed by atoms with Crippen LogP contribution in [-0.4, -0.2) is 45.2 Å². The van der Waals surface area contributed by atoms with Gasteiger partial charge in [0.25, 0.3) is 0 Å². The fraction of sp³-hybridized carbons (Fsp3) is 0.750. The number of likely N-dealkylation sites (tertiary alicyclic amines) is 1. The van der Waals surface area contributed by atoms with Crippen LogP contribution in [0.5, 0.6) is 0 Å². The Balaban J connectivity index is 1.60. The maximum Gasteiger partial charge on any atom is 0.307 e. The molecule has 0 spiro atoms. The smallest absolute Gasteiger partial charge is 0.307 e. The van der Waals surface area contributed by atoms with Gasteiger partial charge in [0, 0.05) is 19.2 Å². The monoisotopic (exact) mass is 291 g/mol. The fourth-order valence-electron chi connectivity index (χ4n) is 3.60. The molecule has 2 aliphatic heterocycles. The van der Waals surface area contributed by atoms with Crippen LogP contribution in [0.15, 0.2) is 6.20 Å². The van der Waals surface area contributed by atoms with Crippen LogP contribution in [0.2, 0.25) is 0 Å². The molecule has 1 N–H and O–H groups in total. The number of rotatable bonds is 4. The van der Waals surface area contributed by atoms with E-state index in [0.717, 1.165) is 43.4 Å². The Morgan fingerprint density at radius 1 is 1.33 bits per heavy atom. The summed E-state index contributed by atoms with van der Waals surface area (Å²) in [6, 6.07) is 0. The van der Waals surface area contributed by atoms with Gasteiger partial charge in [-0.15, -0.1) is 0 Å². The lowest BCUT2D eigenvalue weighted by molar-refractivity contribution is -0.142. The van der Waals surface area contributed by atoms with Crippen LogP contribution in [-0.2, 0) is 24.2 Å². The van der Waals surface area contributed by atoms with Crippen molar-refractivity contribution in [1.29, 1.82) is 0 Å². The van der Waals surface area contributed by atoms with Crippen molar-refractivity contribution in [3.63, 3.8) is 0 Å². The zero-order valence-electron chi connectivity index (χ0n) is 12.8. The van der Waals surface area contributed by atoms with Crippen molar-refractivity contribution in [3.8, 4) is 0 Å². The molecule has 5 nitrogen and oxygen atoms in total. The minimum absolute atomic E-state index is 0.249. The van der Waals surface area contributed by atoms with E-state index in [2.05, 4.69) is 22.6 Å². The summed E-state index contributed by atoms with van der Waals surface area (Å²) in [6.45, 7) is 6.59. The number of piperidine rings is 1. The summed E-state index contributed by atoms with van der Waals surface area (Å²) in [5, 5.41) is 9.14. The Kier molecular flexibility index (Phi) is 4.29. The molecule has 0 radical (unpaired) electrons. The number of nitrogens with zero attached hydrogens (tertiary/aromatic N) is 3. The molecular weight excluding hydrogens is 266 g/mol. The van der Waals surface area contributed by atoms with Gasteiger partial charge in [-0.3, -0.25) is 4.79 Å². The van der Waals surface area contributed by atoms with E-state index in [1.807, 2.05) is 0 Å². The molecule has 3 heterocycles. The van der Waals surface area contributed by atoms with Crippen LogP contribution in [0.4, 0.5) is 0 Å². The molecule has 0 aliphatic carbocycles. The predicted molar refractivity (Wildman–Crippen MR) is 80.2 cm³/mol. The standard InChI is InChI=1S/C16H25N3O2/c1-2-18-6-3-12(4-7-18)9-14-11-19-8-5-13(16(20)21)10-15(19)17-14/h11-13H,2-10H2,1H3,(H,20,21). The van der Waals surface area contributed by atoms with Crippen LogP contribution in [0.25, 0.3) is 0 Å². The molecule has 0 saturated carbocycles. The Hall–Kier alpha value is -1.36. The van der Waals surface area contributed by atoms with Crippen molar-refractivity contribution in [2.75, 3.05) is 19.6 Å². The summed E-state index contributed by atoms with van der Waals surface area (Å²) in [7, 11) is 0. The molecule has 0 bridgehead atoms. The lowest BCUT2D eigenvalue weighted by atomic mass is 9.92. The van der Waals surface area contributed by atoms with E-state index in [1.54, 1.807) is 0 Å². The first-order chi connectivity index (χ1) is 10.2. The molecule has 2 aliphatic rings. The van der Waals surface area contributed by atoms with Gasteiger partial charge in [0.05, 0.1) is 11.6 Å². The maximum atomic E-state index is 11.1. The zero-order chi connectivity index (χ0) is 14.8. The van der Waals surface area contributed by atoms with Gasteiger partial charge in [0.1, 0.15) is 5.82 Å². The van der Waals surface area contributed by atoms with E-state index in [0.29, 0.717) is 6.42 Å². The number of hydrogen-bond acceptors (Lipinski definition) is 3. The summed E-state index contributed by atoms with van der Waals surface area (Å²) < 4.78 is 2.16. The summed E-state index contributed by atoms with van der Waals surface area (Å²) in [4.78, 5) is 18.3. The van der Waals surface area contributed by atoms with Crippen molar-refractivity contribution >= 4 is 5.97 Å². The maximum absolute atomic E-state index is 11.1. The second-order valence-corrected chi connectivity index (χ2v) is 6.45. The Morgan fingerprint density at radius 3 is 2.76 bits per heavy atom. The Morgan fingerprint density at radius 2 is 2.10 bits per heavy atom. The number of carboxylic acid groups (broad SMARTS) is 1. The number of imidazole rings is 1. The number of aromatic nitrogens is 2. The SMILES string of the molecule is CCN1CCC(Cc2cn3c(n2)CC(C(=O)O)CC3)CC1. The van der Waals surface area contributed by atoms with Crippen molar-refractivity contribution in [2.24, 2.45) is 11.8 Å². The van der Waals surface area contributed by atoms with Crippen LogP contribution in [0.1, 0.15) is 37.7 Å². The summed E-state index contributed by atoms with van der Waals surface area (Å²) in [6.07, 6.45) is 7.03. The highest BCUT2D eigenvalue weighted by molar-refractivity contribution is 5.70. The molecule has 1 aromatic rings. The largest absolute Gasteiger partial charge is 0.481 e. The second kappa shape index (κ2) is 6.18. The third kappa shape index (κ3) is 3.28. The van der Waals surface area contributed by atoms with Crippen molar-refractivity contribution < 1.29 is 9.90 Å². The minimum atomic E-state index is -0.683. The Labute approximate surface area is 126 Å². The number of carbonyl (C=O) groups is 1. The van der Waals surface area contributed by atoms with Crippen molar-refractivity contribution in [3.05, 3.63) is 17.7 Å².